The molecule has 0 unspecified atom stereocenters. The van der Waals surface area contributed by atoms with E-state index in [9.17, 15) is 0 Å². The fourth-order valence-electron chi connectivity index (χ4n) is 1.29. The van der Waals surface area contributed by atoms with Gasteiger partial charge < -0.3 is 4.43 Å². The van der Waals surface area contributed by atoms with Crippen molar-refractivity contribution in [3.05, 3.63) is 38.0 Å². The molecule has 68 valence electrons. The average Bonchev–Trinajstić information content (AvgIpc) is 2.06. The lowest BCUT2D eigenvalue weighted by molar-refractivity contribution is 0.0900. The second-order valence-electron chi connectivity index (χ2n) is 2.87. The van der Waals surface area contributed by atoms with Gasteiger partial charge in [0, 0.05) is 0 Å². The first-order chi connectivity index (χ1) is 5.74. The highest BCUT2D eigenvalue weighted by Gasteiger charge is 2.23. The molecule has 0 aliphatic heterocycles. The van der Waals surface area contributed by atoms with Gasteiger partial charge in [0.25, 0.3) is 0 Å². The molecule has 0 aliphatic carbocycles. The summed E-state index contributed by atoms with van der Waals surface area (Å²) in [5, 5.41) is 0. The summed E-state index contributed by atoms with van der Waals surface area (Å²) in [5.74, 6) is 0. The highest BCUT2D eigenvalue weighted by Crippen LogP contribution is 2.25. The molecule has 12 heavy (non-hydrogen) atoms. The number of hydrogen-bond donors (Lipinski definition) is 0. The van der Waals surface area contributed by atoms with Crippen molar-refractivity contribution in [2.45, 2.75) is 24.9 Å². The van der Waals surface area contributed by atoms with Crippen LogP contribution < -0.4 is 0 Å². The lowest BCUT2D eigenvalue weighted by atomic mass is 9.92. The molecule has 0 heterocycles. The molecule has 0 rings (SSSR count). The molecule has 2 heteroatoms. The van der Waals surface area contributed by atoms with Crippen molar-refractivity contribution in [1.29, 1.82) is 0 Å². The third-order valence-corrected chi connectivity index (χ3v) is 2.85. The minimum absolute atomic E-state index is 0.0997. The Morgan fingerprint density at radius 2 is 1.33 bits per heavy atom. The van der Waals surface area contributed by atoms with E-state index in [0.717, 1.165) is 29.7 Å². The van der Waals surface area contributed by atoms with Gasteiger partial charge in [0.2, 0.25) is 0 Å². The highest BCUT2D eigenvalue weighted by molar-refractivity contribution is 5.98. The molecule has 1 nitrogen and oxygen atoms in total. The summed E-state index contributed by atoms with van der Waals surface area (Å²) >= 11 is 0. The molecule has 0 saturated heterocycles. The van der Waals surface area contributed by atoms with Gasteiger partial charge in [-0.25, -0.2) is 0 Å². The summed E-state index contributed by atoms with van der Waals surface area (Å²) in [6, 6.07) is 0. The maximum absolute atomic E-state index is 5.58. The van der Waals surface area contributed by atoms with Crippen LogP contribution >= 0.6 is 0 Å². The predicted octanol–water partition coefficient (Wildman–Crippen LogP) is 1.75. The molecule has 0 N–H and O–H groups in total. The van der Waals surface area contributed by atoms with Crippen molar-refractivity contribution in [3.63, 3.8) is 0 Å². The Bertz CT molecular complexity index is 137. The minimum atomic E-state index is -0.0997. The largest absolute Gasteiger partial charge is 0.422 e. The highest BCUT2D eigenvalue weighted by atomic mass is 28.2. The second kappa shape index (κ2) is 5.97. The quantitative estimate of drug-likeness (QED) is 0.430. The van der Waals surface area contributed by atoms with Crippen molar-refractivity contribution in [3.8, 4) is 0 Å². The maximum atomic E-state index is 5.58. The molecule has 0 aromatic carbocycles. The average molecular weight is 182 g/mol. The van der Waals surface area contributed by atoms with E-state index >= 15 is 0 Å². The van der Waals surface area contributed by atoms with Crippen LogP contribution in [0.1, 0.15) is 19.3 Å². The van der Waals surface area contributed by atoms with Crippen LogP contribution in [0, 0.1) is 0 Å². The van der Waals surface area contributed by atoms with Gasteiger partial charge in [0.15, 0.2) is 0 Å². The summed E-state index contributed by atoms with van der Waals surface area (Å²) in [5.41, 5.74) is -0.0997. The van der Waals surface area contributed by atoms with Crippen molar-refractivity contribution in [1.82, 2.24) is 0 Å². The first kappa shape index (κ1) is 11.4. The van der Waals surface area contributed by atoms with Crippen LogP contribution in [0.3, 0.4) is 0 Å². The third kappa shape index (κ3) is 3.20. The number of hydrogen-bond acceptors (Lipinski definition) is 1. The molecule has 0 aromatic rings. The van der Waals surface area contributed by atoms with Gasteiger partial charge >= 0.3 is 0 Å². The van der Waals surface area contributed by atoms with E-state index in [1.165, 1.54) is 0 Å². The van der Waals surface area contributed by atoms with Gasteiger partial charge in [-0.3, -0.25) is 0 Å². The van der Waals surface area contributed by atoms with Crippen LogP contribution in [0.4, 0.5) is 0 Å². The minimum Gasteiger partial charge on any atom is -0.422 e. The van der Waals surface area contributed by atoms with E-state index in [1.54, 1.807) is 0 Å². The normalized spacial score (nSPS) is 11.0. The van der Waals surface area contributed by atoms with E-state index < -0.39 is 0 Å². The van der Waals surface area contributed by atoms with Crippen molar-refractivity contribution >= 4 is 10.5 Å². The van der Waals surface area contributed by atoms with E-state index in [-0.39, 0.29) is 5.60 Å². The van der Waals surface area contributed by atoms with Gasteiger partial charge in [-0.15, -0.1) is 19.7 Å². The Hall–Kier alpha value is -0.603. The summed E-state index contributed by atoms with van der Waals surface area (Å²) < 4.78 is 5.58. The molecule has 0 aromatic heterocycles. The maximum Gasteiger partial charge on any atom is 0.146 e. The lowest BCUT2D eigenvalue weighted by Crippen LogP contribution is -2.29. The number of rotatable bonds is 7. The topological polar surface area (TPSA) is 9.23 Å². The second-order valence-corrected chi connectivity index (χ2v) is 3.27. The van der Waals surface area contributed by atoms with Crippen LogP contribution in [-0.2, 0) is 4.43 Å². The van der Waals surface area contributed by atoms with Crippen LogP contribution in [0.5, 0.6) is 0 Å². The van der Waals surface area contributed by atoms with E-state index in [4.69, 9.17) is 4.43 Å². The molecule has 0 spiro atoms. The molecule has 0 aliphatic rings. The Morgan fingerprint density at radius 3 is 1.50 bits per heavy atom. The fraction of sp³-hybridized carbons (Fsp3) is 0.400. The van der Waals surface area contributed by atoms with Crippen molar-refractivity contribution < 1.29 is 4.43 Å². The van der Waals surface area contributed by atoms with Crippen LogP contribution in [-0.4, -0.2) is 16.1 Å². The zero-order valence-electron chi connectivity index (χ0n) is 7.88. The third-order valence-electron chi connectivity index (χ3n) is 1.98. The molecule has 0 amide bonds. The Labute approximate surface area is 78.4 Å². The van der Waals surface area contributed by atoms with Gasteiger partial charge in [-0.1, -0.05) is 18.2 Å². The van der Waals surface area contributed by atoms with E-state index in [1.807, 2.05) is 18.2 Å². The first-order valence-electron chi connectivity index (χ1n) is 4.12. The SMILES string of the molecule is C=CCC(CC=C)(CC=C)O[SiH3]. The van der Waals surface area contributed by atoms with Crippen molar-refractivity contribution in [2.75, 3.05) is 0 Å². The fourth-order valence-corrected chi connectivity index (χ4v) is 1.79. The van der Waals surface area contributed by atoms with Crippen LogP contribution in [0.25, 0.3) is 0 Å². The first-order valence-corrected chi connectivity index (χ1v) is 4.94. The van der Waals surface area contributed by atoms with Gasteiger partial charge in [0.05, 0.1) is 5.60 Å². The summed E-state index contributed by atoms with van der Waals surface area (Å²) in [6.07, 6.45) is 8.29. The molecule has 0 atom stereocenters. The lowest BCUT2D eigenvalue weighted by Gasteiger charge is -2.30. The molecular weight excluding hydrogens is 164 g/mol. The zero-order valence-corrected chi connectivity index (χ0v) is 9.88. The Morgan fingerprint density at radius 1 is 1.00 bits per heavy atom. The van der Waals surface area contributed by atoms with Crippen LogP contribution in [0.2, 0.25) is 0 Å². The molecular formula is C10H18OSi. The van der Waals surface area contributed by atoms with E-state index in [0.29, 0.717) is 0 Å². The molecule has 0 bridgehead atoms. The van der Waals surface area contributed by atoms with Gasteiger partial charge in [-0.05, 0) is 19.3 Å². The monoisotopic (exact) mass is 182 g/mol. The molecule has 0 radical (unpaired) electrons. The Kier molecular flexibility index (Phi) is 5.67. The van der Waals surface area contributed by atoms with Crippen LogP contribution in [0.15, 0.2) is 38.0 Å². The summed E-state index contributed by atoms with van der Waals surface area (Å²) in [7, 11) is 0.745. The van der Waals surface area contributed by atoms with Gasteiger partial charge in [-0.2, -0.15) is 0 Å². The van der Waals surface area contributed by atoms with Gasteiger partial charge in [0.1, 0.15) is 10.5 Å². The predicted molar refractivity (Wildman–Crippen MR) is 58.2 cm³/mol. The molecule has 0 fully saturated rings. The summed E-state index contributed by atoms with van der Waals surface area (Å²) in [4.78, 5) is 0. The molecule has 0 saturated carbocycles. The van der Waals surface area contributed by atoms with E-state index in [2.05, 4.69) is 19.7 Å². The zero-order chi connectivity index (χ0) is 9.45. The summed E-state index contributed by atoms with van der Waals surface area (Å²) in [6.45, 7) is 11.2. The van der Waals surface area contributed by atoms with Crippen molar-refractivity contribution in [2.24, 2.45) is 0 Å². The Balaban J connectivity index is 4.35. The smallest absolute Gasteiger partial charge is 0.146 e. The standard InChI is InChI=1S/C10H18OSi/c1-4-7-10(11-12,8-5-2)9-6-3/h4-6H,1-3,7-9H2,12H3.